The molecule has 9 heteroatoms. The molecular formula is C12H9ClN2O5S. The van der Waals surface area contributed by atoms with Gasteiger partial charge in [-0.15, -0.1) is 0 Å². The number of nitro groups is 1. The number of nitrogen functional groups attached to an aromatic ring is 1. The average molecular weight is 329 g/mol. The summed E-state index contributed by atoms with van der Waals surface area (Å²) in [6, 6.07) is 8.70. The summed E-state index contributed by atoms with van der Waals surface area (Å²) in [5, 5.41) is 11.1. The number of anilines is 1. The molecule has 2 aromatic rings. The van der Waals surface area contributed by atoms with Crippen molar-refractivity contribution in [1.29, 1.82) is 0 Å². The third kappa shape index (κ3) is 3.41. The summed E-state index contributed by atoms with van der Waals surface area (Å²) in [6.07, 6.45) is 0. The van der Waals surface area contributed by atoms with Gasteiger partial charge in [0.15, 0.2) is 0 Å². The first-order chi connectivity index (χ1) is 9.79. The van der Waals surface area contributed by atoms with Crippen molar-refractivity contribution in [3.05, 3.63) is 57.6 Å². The molecule has 0 aliphatic carbocycles. The quantitative estimate of drug-likeness (QED) is 0.399. The zero-order chi connectivity index (χ0) is 15.6. The Balaban J connectivity index is 2.35. The minimum atomic E-state index is -4.11. The molecule has 110 valence electrons. The molecule has 0 aliphatic rings. The van der Waals surface area contributed by atoms with Gasteiger partial charge in [-0.1, -0.05) is 11.6 Å². The Morgan fingerprint density at radius 3 is 2.33 bits per heavy atom. The van der Waals surface area contributed by atoms with Crippen LogP contribution in [0.15, 0.2) is 47.4 Å². The van der Waals surface area contributed by atoms with Gasteiger partial charge >= 0.3 is 10.1 Å². The van der Waals surface area contributed by atoms with E-state index in [4.69, 9.17) is 21.5 Å². The van der Waals surface area contributed by atoms with E-state index in [-0.39, 0.29) is 16.3 Å². The normalized spacial score (nSPS) is 11.1. The van der Waals surface area contributed by atoms with E-state index in [9.17, 15) is 18.5 Å². The second kappa shape index (κ2) is 5.58. The predicted octanol–water partition coefficient (Wildman–Crippen LogP) is 2.60. The zero-order valence-electron chi connectivity index (χ0n) is 10.4. The molecule has 2 rings (SSSR count). The van der Waals surface area contributed by atoms with Gasteiger partial charge in [0, 0.05) is 5.02 Å². The van der Waals surface area contributed by atoms with E-state index >= 15 is 0 Å². The third-order valence-corrected chi connectivity index (χ3v) is 4.02. The smallest absolute Gasteiger partial charge is 0.339 e. The Kier molecular flexibility index (Phi) is 4.01. The van der Waals surface area contributed by atoms with Crippen LogP contribution in [0.4, 0.5) is 11.4 Å². The molecule has 7 nitrogen and oxygen atoms in total. The number of nitrogens with two attached hydrogens (primary N) is 1. The maximum absolute atomic E-state index is 12.0. The van der Waals surface area contributed by atoms with Gasteiger partial charge in [0.05, 0.1) is 11.0 Å². The van der Waals surface area contributed by atoms with Crippen LogP contribution >= 0.6 is 11.6 Å². The van der Waals surface area contributed by atoms with E-state index in [0.29, 0.717) is 5.02 Å². The summed E-state index contributed by atoms with van der Waals surface area (Å²) in [4.78, 5) is 9.91. The summed E-state index contributed by atoms with van der Waals surface area (Å²) < 4.78 is 28.9. The maximum atomic E-state index is 12.0. The standard InChI is InChI=1S/C12H9ClN2O5S/c13-8-1-4-10(5-2-8)21(18,19)20-9-3-6-11(14)12(7-9)15(16)17/h1-7H,14H2. The number of nitro benzene ring substituents is 1. The number of halogens is 1. The van der Waals surface area contributed by atoms with Gasteiger partial charge in [-0.2, -0.15) is 8.42 Å². The summed E-state index contributed by atoms with van der Waals surface area (Å²) in [5.74, 6) is -0.203. The van der Waals surface area contributed by atoms with Crippen LogP contribution in [0, 0.1) is 10.1 Å². The van der Waals surface area contributed by atoms with Gasteiger partial charge in [-0.25, -0.2) is 0 Å². The lowest BCUT2D eigenvalue weighted by Gasteiger charge is -2.07. The van der Waals surface area contributed by atoms with Gasteiger partial charge in [0.2, 0.25) is 0 Å². The highest BCUT2D eigenvalue weighted by Crippen LogP contribution is 2.28. The van der Waals surface area contributed by atoms with E-state index in [1.54, 1.807) is 0 Å². The molecule has 0 radical (unpaired) electrons. The summed E-state index contributed by atoms with van der Waals surface area (Å²) in [6.45, 7) is 0. The molecular weight excluding hydrogens is 320 g/mol. The lowest BCUT2D eigenvalue weighted by Crippen LogP contribution is -2.10. The van der Waals surface area contributed by atoms with Gasteiger partial charge in [-0.3, -0.25) is 10.1 Å². The molecule has 0 atom stereocenters. The SMILES string of the molecule is Nc1ccc(OS(=O)(=O)c2ccc(Cl)cc2)cc1[N+](=O)[O-]. The van der Waals surface area contributed by atoms with Crippen molar-refractivity contribution in [1.82, 2.24) is 0 Å². The fraction of sp³-hybridized carbons (Fsp3) is 0. The Bertz CT molecular complexity index is 790. The Morgan fingerprint density at radius 1 is 1.14 bits per heavy atom. The van der Waals surface area contributed by atoms with Gasteiger partial charge in [0.1, 0.15) is 16.3 Å². The Morgan fingerprint density at radius 2 is 1.76 bits per heavy atom. The monoisotopic (exact) mass is 328 g/mol. The predicted molar refractivity (Wildman–Crippen MR) is 76.8 cm³/mol. The first-order valence-corrected chi connectivity index (χ1v) is 7.32. The van der Waals surface area contributed by atoms with Crippen molar-refractivity contribution in [2.45, 2.75) is 4.90 Å². The van der Waals surface area contributed by atoms with Crippen LogP contribution in [-0.2, 0) is 10.1 Å². The molecule has 0 amide bonds. The second-order valence-electron chi connectivity index (χ2n) is 3.97. The van der Waals surface area contributed by atoms with Crippen LogP contribution in [0.3, 0.4) is 0 Å². The van der Waals surface area contributed by atoms with E-state index in [1.165, 1.54) is 36.4 Å². The molecule has 0 spiro atoms. The van der Waals surface area contributed by atoms with Crippen LogP contribution < -0.4 is 9.92 Å². The number of hydrogen-bond acceptors (Lipinski definition) is 6. The minimum Gasteiger partial charge on any atom is -0.393 e. The van der Waals surface area contributed by atoms with Crippen molar-refractivity contribution >= 4 is 33.1 Å². The maximum Gasteiger partial charge on any atom is 0.339 e. The molecule has 2 N–H and O–H groups in total. The van der Waals surface area contributed by atoms with Gasteiger partial charge in [-0.05, 0) is 36.4 Å². The fourth-order valence-electron chi connectivity index (χ4n) is 1.51. The van der Waals surface area contributed by atoms with Crippen molar-refractivity contribution in [2.24, 2.45) is 0 Å². The zero-order valence-corrected chi connectivity index (χ0v) is 12.0. The molecule has 0 bridgehead atoms. The molecule has 21 heavy (non-hydrogen) atoms. The first-order valence-electron chi connectivity index (χ1n) is 5.53. The minimum absolute atomic E-state index is 0.0868. The third-order valence-electron chi connectivity index (χ3n) is 2.51. The molecule has 0 aliphatic heterocycles. The molecule has 0 saturated heterocycles. The van der Waals surface area contributed by atoms with E-state index in [1.807, 2.05) is 0 Å². The summed E-state index contributed by atoms with van der Waals surface area (Å²) in [7, 11) is -4.11. The largest absolute Gasteiger partial charge is 0.393 e. The van der Waals surface area contributed by atoms with E-state index in [2.05, 4.69) is 0 Å². The van der Waals surface area contributed by atoms with Crippen LogP contribution in [0.2, 0.25) is 5.02 Å². The highest BCUT2D eigenvalue weighted by Gasteiger charge is 2.19. The second-order valence-corrected chi connectivity index (χ2v) is 5.95. The summed E-state index contributed by atoms with van der Waals surface area (Å²) in [5.41, 5.74) is 4.90. The van der Waals surface area contributed by atoms with E-state index < -0.39 is 20.7 Å². The van der Waals surface area contributed by atoms with Gasteiger partial charge < -0.3 is 9.92 Å². The van der Waals surface area contributed by atoms with Crippen LogP contribution in [0.5, 0.6) is 5.75 Å². The van der Waals surface area contributed by atoms with Crippen molar-refractivity contribution < 1.29 is 17.5 Å². The topological polar surface area (TPSA) is 113 Å². The lowest BCUT2D eigenvalue weighted by atomic mass is 10.2. The first kappa shape index (κ1) is 15.1. The molecule has 2 aromatic carbocycles. The van der Waals surface area contributed by atoms with Crippen molar-refractivity contribution in [3.63, 3.8) is 0 Å². The molecule has 0 heterocycles. The fourth-order valence-corrected chi connectivity index (χ4v) is 2.56. The molecule has 0 saturated carbocycles. The van der Waals surface area contributed by atoms with Gasteiger partial charge in [0.25, 0.3) is 5.69 Å². The number of nitrogens with zero attached hydrogens (tertiary/aromatic N) is 1. The Hall–Kier alpha value is -2.32. The Labute approximate surface area is 125 Å². The van der Waals surface area contributed by atoms with Crippen LogP contribution in [-0.4, -0.2) is 13.3 Å². The number of hydrogen-bond donors (Lipinski definition) is 1. The average Bonchev–Trinajstić information content (AvgIpc) is 2.41. The highest BCUT2D eigenvalue weighted by molar-refractivity contribution is 7.87. The van der Waals surface area contributed by atoms with Crippen LogP contribution in [0.1, 0.15) is 0 Å². The lowest BCUT2D eigenvalue weighted by molar-refractivity contribution is -0.383. The van der Waals surface area contributed by atoms with Crippen LogP contribution in [0.25, 0.3) is 0 Å². The summed E-state index contributed by atoms with van der Waals surface area (Å²) >= 11 is 5.67. The molecule has 0 unspecified atom stereocenters. The number of benzene rings is 2. The number of rotatable bonds is 4. The van der Waals surface area contributed by atoms with Crippen molar-refractivity contribution in [3.8, 4) is 5.75 Å². The molecule has 0 aromatic heterocycles. The molecule has 0 fully saturated rings. The van der Waals surface area contributed by atoms with Crippen molar-refractivity contribution in [2.75, 3.05) is 5.73 Å². The highest BCUT2D eigenvalue weighted by atomic mass is 35.5. The van der Waals surface area contributed by atoms with E-state index in [0.717, 1.165) is 6.07 Å².